The van der Waals surface area contributed by atoms with Gasteiger partial charge in [-0.25, -0.2) is 9.59 Å². The zero-order chi connectivity index (χ0) is 12.8. The first-order chi connectivity index (χ1) is 8.11. The number of aliphatic carboxylic acids is 1. The number of hydrogen-bond acceptors (Lipinski definition) is 3. The summed E-state index contributed by atoms with van der Waals surface area (Å²) in [6.45, 7) is 3.13. The molecule has 0 bridgehead atoms. The van der Waals surface area contributed by atoms with E-state index in [2.05, 4.69) is 0 Å². The maximum Gasteiger partial charge on any atom is 0.326 e. The first kappa shape index (κ1) is 13.8. The van der Waals surface area contributed by atoms with E-state index in [1.54, 1.807) is 0 Å². The van der Waals surface area contributed by atoms with Crippen molar-refractivity contribution in [3.8, 4) is 0 Å². The molecule has 0 saturated carbocycles. The monoisotopic (exact) mass is 244 g/mol. The van der Waals surface area contributed by atoms with E-state index < -0.39 is 12.0 Å². The number of carbonyl (C=O) groups excluding carboxylic acids is 1. The van der Waals surface area contributed by atoms with Crippen LogP contribution in [0.3, 0.4) is 0 Å². The van der Waals surface area contributed by atoms with Gasteiger partial charge >= 0.3 is 12.0 Å². The lowest BCUT2D eigenvalue weighted by atomic mass is 10.2. The number of likely N-dealkylation sites (tertiary alicyclic amines) is 1. The number of aliphatic hydroxyl groups is 1. The number of urea groups is 1. The highest BCUT2D eigenvalue weighted by Gasteiger charge is 2.35. The summed E-state index contributed by atoms with van der Waals surface area (Å²) in [5.74, 6) is -0.948. The number of carbonyl (C=O) groups is 2. The molecule has 17 heavy (non-hydrogen) atoms. The van der Waals surface area contributed by atoms with Gasteiger partial charge in [0.2, 0.25) is 0 Å². The van der Waals surface area contributed by atoms with E-state index in [1.165, 1.54) is 9.80 Å². The van der Waals surface area contributed by atoms with Gasteiger partial charge in [-0.05, 0) is 19.3 Å². The Hall–Kier alpha value is -1.30. The zero-order valence-electron chi connectivity index (χ0n) is 10.1. The van der Waals surface area contributed by atoms with Crippen molar-refractivity contribution in [3.05, 3.63) is 0 Å². The summed E-state index contributed by atoms with van der Waals surface area (Å²) in [7, 11) is 0. The standard InChI is InChI=1S/C11H20N2O4/c1-2-5-12(7-8-14)11(17)13-6-3-4-9(13)10(15)16/h9,14H,2-8H2,1H3,(H,15,16)/t9-/m1/s1. The lowest BCUT2D eigenvalue weighted by Gasteiger charge is -2.29. The van der Waals surface area contributed by atoms with Gasteiger partial charge in [-0.3, -0.25) is 0 Å². The summed E-state index contributed by atoms with van der Waals surface area (Å²) in [6.07, 6.45) is 2.03. The van der Waals surface area contributed by atoms with Crippen molar-refractivity contribution in [1.29, 1.82) is 0 Å². The van der Waals surface area contributed by atoms with Gasteiger partial charge in [-0.1, -0.05) is 6.92 Å². The largest absolute Gasteiger partial charge is 0.480 e. The second-order valence-electron chi connectivity index (χ2n) is 4.18. The minimum atomic E-state index is -0.948. The summed E-state index contributed by atoms with van der Waals surface area (Å²) >= 11 is 0. The third-order valence-electron chi connectivity index (χ3n) is 2.92. The second-order valence-corrected chi connectivity index (χ2v) is 4.18. The fourth-order valence-corrected chi connectivity index (χ4v) is 2.13. The molecular formula is C11H20N2O4. The zero-order valence-corrected chi connectivity index (χ0v) is 10.1. The van der Waals surface area contributed by atoms with Gasteiger partial charge in [0.25, 0.3) is 0 Å². The summed E-state index contributed by atoms with van der Waals surface area (Å²) in [4.78, 5) is 26.0. The minimum Gasteiger partial charge on any atom is -0.480 e. The van der Waals surface area contributed by atoms with E-state index in [9.17, 15) is 9.59 Å². The first-order valence-electron chi connectivity index (χ1n) is 6.01. The molecular weight excluding hydrogens is 224 g/mol. The molecule has 1 atom stereocenters. The molecule has 0 aromatic heterocycles. The molecule has 1 aliphatic rings. The van der Waals surface area contributed by atoms with Crippen LogP contribution in [0.15, 0.2) is 0 Å². The van der Waals surface area contributed by atoms with Crippen LogP contribution in [0.5, 0.6) is 0 Å². The molecule has 0 aromatic rings. The van der Waals surface area contributed by atoms with Crippen molar-refractivity contribution >= 4 is 12.0 Å². The molecule has 2 N–H and O–H groups in total. The molecule has 98 valence electrons. The highest BCUT2D eigenvalue weighted by atomic mass is 16.4. The molecule has 0 aliphatic carbocycles. The third-order valence-corrected chi connectivity index (χ3v) is 2.92. The smallest absolute Gasteiger partial charge is 0.326 e. The second kappa shape index (κ2) is 6.44. The summed E-state index contributed by atoms with van der Waals surface area (Å²) < 4.78 is 0. The third kappa shape index (κ3) is 3.33. The number of aliphatic hydroxyl groups excluding tert-OH is 1. The van der Waals surface area contributed by atoms with Gasteiger partial charge in [-0.2, -0.15) is 0 Å². The summed E-state index contributed by atoms with van der Waals surface area (Å²) in [5, 5.41) is 17.9. The maximum atomic E-state index is 12.1. The Balaban J connectivity index is 2.68. The fraction of sp³-hybridized carbons (Fsp3) is 0.818. The number of amides is 2. The Morgan fingerprint density at radius 1 is 1.41 bits per heavy atom. The fourth-order valence-electron chi connectivity index (χ4n) is 2.13. The Bertz CT molecular complexity index is 277. The maximum absolute atomic E-state index is 12.1. The number of carboxylic acids is 1. The van der Waals surface area contributed by atoms with E-state index >= 15 is 0 Å². The summed E-state index contributed by atoms with van der Waals surface area (Å²) in [6, 6.07) is -0.980. The van der Waals surface area contributed by atoms with Crippen LogP contribution < -0.4 is 0 Å². The van der Waals surface area contributed by atoms with Crippen molar-refractivity contribution in [2.75, 3.05) is 26.2 Å². The molecule has 1 saturated heterocycles. The molecule has 0 aromatic carbocycles. The molecule has 0 unspecified atom stereocenters. The average Bonchev–Trinajstić information content (AvgIpc) is 2.76. The number of nitrogens with zero attached hydrogens (tertiary/aromatic N) is 2. The lowest BCUT2D eigenvalue weighted by Crippen LogP contribution is -2.49. The van der Waals surface area contributed by atoms with Crippen LogP contribution in [-0.4, -0.2) is 64.3 Å². The first-order valence-corrected chi connectivity index (χ1v) is 6.01. The van der Waals surface area contributed by atoms with E-state index in [1.807, 2.05) is 6.92 Å². The molecule has 0 spiro atoms. The molecule has 2 amide bonds. The molecule has 1 heterocycles. The molecule has 1 rings (SSSR count). The van der Waals surface area contributed by atoms with Crippen molar-refractivity contribution < 1.29 is 19.8 Å². The molecule has 6 heteroatoms. The van der Waals surface area contributed by atoms with Gasteiger partial charge in [0.15, 0.2) is 0 Å². The van der Waals surface area contributed by atoms with Gasteiger partial charge in [0.1, 0.15) is 6.04 Å². The Labute approximate surface area is 101 Å². The van der Waals surface area contributed by atoms with Crippen LogP contribution in [0.4, 0.5) is 4.79 Å². The number of carboxylic acid groups (broad SMARTS) is 1. The van der Waals surface area contributed by atoms with Gasteiger partial charge in [0, 0.05) is 19.6 Å². The van der Waals surface area contributed by atoms with E-state index in [-0.39, 0.29) is 19.2 Å². The lowest BCUT2D eigenvalue weighted by molar-refractivity contribution is -0.141. The predicted molar refractivity (Wildman–Crippen MR) is 61.7 cm³/mol. The predicted octanol–water partition coefficient (Wildman–Crippen LogP) is 0.360. The normalized spacial score (nSPS) is 19.4. The summed E-state index contributed by atoms with van der Waals surface area (Å²) in [5.41, 5.74) is 0. The van der Waals surface area contributed by atoms with Crippen LogP contribution in [0.25, 0.3) is 0 Å². The minimum absolute atomic E-state index is 0.0999. The Morgan fingerprint density at radius 3 is 2.65 bits per heavy atom. The topological polar surface area (TPSA) is 81.1 Å². The van der Waals surface area contributed by atoms with E-state index in [0.717, 1.165) is 12.8 Å². The van der Waals surface area contributed by atoms with Crippen LogP contribution in [0.1, 0.15) is 26.2 Å². The van der Waals surface area contributed by atoms with Gasteiger partial charge in [0.05, 0.1) is 6.61 Å². The number of hydrogen-bond donors (Lipinski definition) is 2. The van der Waals surface area contributed by atoms with Crippen LogP contribution in [-0.2, 0) is 4.79 Å². The average molecular weight is 244 g/mol. The van der Waals surface area contributed by atoms with Gasteiger partial charge < -0.3 is 20.0 Å². The highest BCUT2D eigenvalue weighted by molar-refractivity contribution is 5.83. The molecule has 6 nitrogen and oxygen atoms in total. The molecule has 0 radical (unpaired) electrons. The van der Waals surface area contributed by atoms with Crippen LogP contribution in [0, 0.1) is 0 Å². The van der Waals surface area contributed by atoms with E-state index in [4.69, 9.17) is 10.2 Å². The Morgan fingerprint density at radius 2 is 2.12 bits per heavy atom. The van der Waals surface area contributed by atoms with Crippen molar-refractivity contribution in [1.82, 2.24) is 9.80 Å². The quantitative estimate of drug-likeness (QED) is 0.731. The molecule has 1 fully saturated rings. The van der Waals surface area contributed by atoms with Crippen LogP contribution >= 0.6 is 0 Å². The van der Waals surface area contributed by atoms with Crippen molar-refractivity contribution in [2.24, 2.45) is 0 Å². The Kier molecular flexibility index (Phi) is 5.21. The van der Waals surface area contributed by atoms with Crippen LogP contribution in [0.2, 0.25) is 0 Å². The SMILES string of the molecule is CCCN(CCO)C(=O)N1CCC[C@@H]1C(=O)O. The van der Waals surface area contributed by atoms with Crippen molar-refractivity contribution in [3.63, 3.8) is 0 Å². The highest BCUT2D eigenvalue weighted by Crippen LogP contribution is 2.19. The van der Waals surface area contributed by atoms with Crippen molar-refractivity contribution in [2.45, 2.75) is 32.2 Å². The van der Waals surface area contributed by atoms with Gasteiger partial charge in [-0.15, -0.1) is 0 Å². The number of rotatable bonds is 5. The molecule has 1 aliphatic heterocycles. The van der Waals surface area contributed by atoms with E-state index in [0.29, 0.717) is 19.5 Å².